The summed E-state index contributed by atoms with van der Waals surface area (Å²) in [6.45, 7) is 7.07. The molecule has 2 heteroatoms. The molecule has 12 heavy (non-hydrogen) atoms. The van der Waals surface area contributed by atoms with E-state index in [4.69, 9.17) is 10.2 Å². The third-order valence-corrected chi connectivity index (χ3v) is 1.62. The van der Waals surface area contributed by atoms with Crippen LogP contribution < -0.4 is 5.73 Å². The second-order valence-electron chi connectivity index (χ2n) is 4.31. The Hall–Kier alpha value is -0.760. The SMILES string of the molecule is CC(C)(C)Cc1ccc(CN)o1. The fourth-order valence-corrected chi connectivity index (χ4v) is 1.15. The monoisotopic (exact) mass is 167 g/mol. The molecule has 0 aromatic carbocycles. The molecule has 0 amide bonds. The van der Waals surface area contributed by atoms with Crippen LogP contribution in [0.3, 0.4) is 0 Å². The molecule has 1 heterocycles. The van der Waals surface area contributed by atoms with Gasteiger partial charge >= 0.3 is 0 Å². The highest BCUT2D eigenvalue weighted by atomic mass is 16.3. The van der Waals surface area contributed by atoms with E-state index in [1.54, 1.807) is 0 Å². The summed E-state index contributed by atoms with van der Waals surface area (Å²) in [6.07, 6.45) is 0.965. The third kappa shape index (κ3) is 2.70. The van der Waals surface area contributed by atoms with Crippen molar-refractivity contribution >= 4 is 0 Å². The van der Waals surface area contributed by atoms with Gasteiger partial charge in [0.2, 0.25) is 0 Å². The predicted octanol–water partition coefficient (Wildman–Crippen LogP) is 2.33. The quantitative estimate of drug-likeness (QED) is 0.734. The average Bonchev–Trinajstić information content (AvgIpc) is 2.32. The number of furan rings is 1. The summed E-state index contributed by atoms with van der Waals surface area (Å²) in [5, 5.41) is 0. The van der Waals surface area contributed by atoms with Gasteiger partial charge in [-0.05, 0) is 17.5 Å². The van der Waals surface area contributed by atoms with E-state index in [2.05, 4.69) is 20.8 Å². The first kappa shape index (κ1) is 9.33. The van der Waals surface area contributed by atoms with E-state index in [1.807, 2.05) is 12.1 Å². The summed E-state index contributed by atoms with van der Waals surface area (Å²) < 4.78 is 5.48. The molecule has 1 rings (SSSR count). The molecule has 68 valence electrons. The second kappa shape index (κ2) is 3.31. The minimum absolute atomic E-state index is 0.281. The van der Waals surface area contributed by atoms with Gasteiger partial charge in [-0.15, -0.1) is 0 Å². The summed E-state index contributed by atoms with van der Waals surface area (Å²) >= 11 is 0. The van der Waals surface area contributed by atoms with Crippen molar-refractivity contribution in [2.24, 2.45) is 11.1 Å². The van der Waals surface area contributed by atoms with Crippen molar-refractivity contribution in [2.45, 2.75) is 33.7 Å². The highest BCUT2D eigenvalue weighted by molar-refractivity contribution is 5.08. The molecule has 0 saturated carbocycles. The molecule has 0 saturated heterocycles. The molecule has 0 bridgehead atoms. The summed E-state index contributed by atoms with van der Waals surface area (Å²) in [5.41, 5.74) is 5.71. The Balaban J connectivity index is 2.64. The van der Waals surface area contributed by atoms with Crippen LogP contribution in [0.4, 0.5) is 0 Å². The lowest BCUT2D eigenvalue weighted by Gasteiger charge is -2.15. The lowest BCUT2D eigenvalue weighted by atomic mass is 9.91. The van der Waals surface area contributed by atoms with E-state index >= 15 is 0 Å². The van der Waals surface area contributed by atoms with Gasteiger partial charge in [-0.1, -0.05) is 20.8 Å². The Labute approximate surface area is 73.8 Å². The van der Waals surface area contributed by atoms with E-state index in [0.29, 0.717) is 6.54 Å². The van der Waals surface area contributed by atoms with Crippen LogP contribution in [0.15, 0.2) is 16.5 Å². The number of hydrogen-bond acceptors (Lipinski definition) is 2. The highest BCUT2D eigenvalue weighted by Crippen LogP contribution is 2.21. The Kier molecular flexibility index (Phi) is 2.58. The molecular formula is C10H17NO. The summed E-state index contributed by atoms with van der Waals surface area (Å²) in [6, 6.07) is 3.95. The maximum absolute atomic E-state index is 5.48. The Morgan fingerprint density at radius 1 is 1.25 bits per heavy atom. The smallest absolute Gasteiger partial charge is 0.117 e. The van der Waals surface area contributed by atoms with Gasteiger partial charge in [-0.25, -0.2) is 0 Å². The summed E-state index contributed by atoms with van der Waals surface area (Å²) in [7, 11) is 0. The van der Waals surface area contributed by atoms with Crippen molar-refractivity contribution in [3.63, 3.8) is 0 Å². The van der Waals surface area contributed by atoms with E-state index in [9.17, 15) is 0 Å². The molecule has 0 aliphatic carbocycles. The molecule has 0 unspecified atom stereocenters. The first-order valence-electron chi connectivity index (χ1n) is 4.29. The molecule has 1 aromatic heterocycles. The topological polar surface area (TPSA) is 39.2 Å². The molecule has 2 N–H and O–H groups in total. The van der Waals surface area contributed by atoms with Crippen LogP contribution in [0.5, 0.6) is 0 Å². The first-order valence-corrected chi connectivity index (χ1v) is 4.29. The Morgan fingerprint density at radius 2 is 1.83 bits per heavy atom. The van der Waals surface area contributed by atoms with E-state index in [-0.39, 0.29) is 5.41 Å². The molecular weight excluding hydrogens is 150 g/mol. The van der Waals surface area contributed by atoms with Crippen molar-refractivity contribution in [3.8, 4) is 0 Å². The van der Waals surface area contributed by atoms with Gasteiger partial charge in [-0.2, -0.15) is 0 Å². The lowest BCUT2D eigenvalue weighted by Crippen LogP contribution is -2.08. The van der Waals surface area contributed by atoms with Gasteiger partial charge in [0.05, 0.1) is 6.54 Å². The van der Waals surface area contributed by atoms with E-state index < -0.39 is 0 Å². The number of rotatable bonds is 2. The van der Waals surface area contributed by atoms with Gasteiger partial charge in [0.25, 0.3) is 0 Å². The van der Waals surface area contributed by atoms with Gasteiger partial charge in [-0.3, -0.25) is 0 Å². The maximum atomic E-state index is 5.48. The van der Waals surface area contributed by atoms with Crippen molar-refractivity contribution < 1.29 is 4.42 Å². The fraction of sp³-hybridized carbons (Fsp3) is 0.600. The standard InChI is InChI=1S/C10H17NO/c1-10(2,3)6-8-4-5-9(7-11)12-8/h4-5H,6-7,11H2,1-3H3. The zero-order valence-corrected chi connectivity index (χ0v) is 8.05. The van der Waals surface area contributed by atoms with Crippen LogP contribution in [0, 0.1) is 5.41 Å². The molecule has 1 aromatic rings. The molecule has 0 spiro atoms. The number of nitrogens with two attached hydrogens (primary N) is 1. The minimum atomic E-state index is 0.281. The van der Waals surface area contributed by atoms with Crippen LogP contribution in [-0.2, 0) is 13.0 Å². The Morgan fingerprint density at radius 3 is 2.25 bits per heavy atom. The van der Waals surface area contributed by atoms with E-state index in [1.165, 1.54) is 0 Å². The number of hydrogen-bond donors (Lipinski definition) is 1. The van der Waals surface area contributed by atoms with Crippen molar-refractivity contribution in [1.29, 1.82) is 0 Å². The lowest BCUT2D eigenvalue weighted by molar-refractivity contribution is 0.354. The first-order chi connectivity index (χ1) is 5.51. The molecule has 0 radical (unpaired) electrons. The van der Waals surface area contributed by atoms with Crippen LogP contribution in [0.1, 0.15) is 32.3 Å². The van der Waals surface area contributed by atoms with Crippen LogP contribution >= 0.6 is 0 Å². The summed E-state index contributed by atoms with van der Waals surface area (Å²) in [5.74, 6) is 1.90. The predicted molar refractivity (Wildman–Crippen MR) is 49.8 cm³/mol. The molecule has 0 atom stereocenters. The van der Waals surface area contributed by atoms with Gasteiger partial charge in [0.15, 0.2) is 0 Å². The van der Waals surface area contributed by atoms with E-state index in [0.717, 1.165) is 17.9 Å². The Bertz CT molecular complexity index is 245. The van der Waals surface area contributed by atoms with Crippen LogP contribution in [0.2, 0.25) is 0 Å². The van der Waals surface area contributed by atoms with Crippen LogP contribution in [0.25, 0.3) is 0 Å². The fourth-order valence-electron chi connectivity index (χ4n) is 1.15. The molecule has 0 fully saturated rings. The largest absolute Gasteiger partial charge is 0.465 e. The van der Waals surface area contributed by atoms with Crippen molar-refractivity contribution in [3.05, 3.63) is 23.7 Å². The van der Waals surface area contributed by atoms with Crippen LogP contribution in [-0.4, -0.2) is 0 Å². The zero-order chi connectivity index (χ0) is 9.19. The van der Waals surface area contributed by atoms with Crippen molar-refractivity contribution in [1.82, 2.24) is 0 Å². The molecule has 2 nitrogen and oxygen atoms in total. The van der Waals surface area contributed by atoms with Gasteiger partial charge in [0.1, 0.15) is 11.5 Å². The van der Waals surface area contributed by atoms with Gasteiger partial charge < -0.3 is 10.2 Å². The normalized spacial score (nSPS) is 12.0. The average molecular weight is 167 g/mol. The zero-order valence-electron chi connectivity index (χ0n) is 8.05. The van der Waals surface area contributed by atoms with Crippen molar-refractivity contribution in [2.75, 3.05) is 0 Å². The molecule has 0 aliphatic heterocycles. The minimum Gasteiger partial charge on any atom is -0.465 e. The third-order valence-electron chi connectivity index (χ3n) is 1.62. The highest BCUT2D eigenvalue weighted by Gasteiger charge is 2.13. The maximum Gasteiger partial charge on any atom is 0.117 e. The second-order valence-corrected chi connectivity index (χ2v) is 4.31. The summed E-state index contributed by atoms with van der Waals surface area (Å²) in [4.78, 5) is 0. The molecule has 0 aliphatic rings. The van der Waals surface area contributed by atoms with Gasteiger partial charge in [0, 0.05) is 6.42 Å².